The van der Waals surface area contributed by atoms with Crippen molar-refractivity contribution in [3.05, 3.63) is 59.5 Å². The van der Waals surface area contributed by atoms with Crippen molar-refractivity contribution in [1.29, 1.82) is 0 Å². The SMILES string of the molecule is CSc1ccccc1NC(=O)c1c(C)nc2ccc(C)cn12. The van der Waals surface area contributed by atoms with Gasteiger partial charge in [-0.15, -0.1) is 11.8 Å². The van der Waals surface area contributed by atoms with Gasteiger partial charge in [0.25, 0.3) is 5.91 Å². The summed E-state index contributed by atoms with van der Waals surface area (Å²) in [5.74, 6) is -0.142. The molecule has 3 aromatic rings. The van der Waals surface area contributed by atoms with E-state index in [9.17, 15) is 4.79 Å². The highest BCUT2D eigenvalue weighted by atomic mass is 32.2. The van der Waals surface area contributed by atoms with Gasteiger partial charge < -0.3 is 5.32 Å². The number of amides is 1. The summed E-state index contributed by atoms with van der Waals surface area (Å²) >= 11 is 1.61. The lowest BCUT2D eigenvalue weighted by atomic mass is 10.2. The largest absolute Gasteiger partial charge is 0.320 e. The van der Waals surface area contributed by atoms with Crippen LogP contribution in [0, 0.1) is 13.8 Å². The van der Waals surface area contributed by atoms with Crippen LogP contribution >= 0.6 is 11.8 Å². The molecule has 0 unspecified atom stereocenters. The number of aromatic nitrogens is 2. The van der Waals surface area contributed by atoms with E-state index < -0.39 is 0 Å². The molecule has 0 bridgehead atoms. The van der Waals surface area contributed by atoms with Gasteiger partial charge in [0.15, 0.2) is 0 Å². The fourth-order valence-electron chi connectivity index (χ4n) is 2.47. The maximum absolute atomic E-state index is 12.7. The second-order valence-electron chi connectivity index (χ2n) is 5.13. The summed E-state index contributed by atoms with van der Waals surface area (Å²) in [5, 5.41) is 3.00. The number of aryl methyl sites for hydroxylation is 2. The van der Waals surface area contributed by atoms with E-state index >= 15 is 0 Å². The molecule has 2 heterocycles. The number of carbonyl (C=O) groups excluding carboxylic acids is 1. The Morgan fingerprint density at radius 1 is 1.18 bits per heavy atom. The van der Waals surface area contributed by atoms with Crippen molar-refractivity contribution in [3.8, 4) is 0 Å². The molecule has 0 aliphatic carbocycles. The highest BCUT2D eigenvalue weighted by Crippen LogP contribution is 2.25. The minimum Gasteiger partial charge on any atom is -0.320 e. The zero-order chi connectivity index (χ0) is 15.7. The van der Waals surface area contributed by atoms with Crippen LogP contribution in [0.25, 0.3) is 5.65 Å². The molecule has 1 aromatic carbocycles. The number of nitrogens with zero attached hydrogens (tertiary/aromatic N) is 2. The van der Waals surface area contributed by atoms with Crippen molar-refractivity contribution >= 4 is 29.0 Å². The molecule has 1 N–H and O–H groups in total. The van der Waals surface area contributed by atoms with Crippen molar-refractivity contribution in [2.45, 2.75) is 18.7 Å². The normalized spacial score (nSPS) is 10.9. The van der Waals surface area contributed by atoms with Crippen LogP contribution in [0.1, 0.15) is 21.7 Å². The molecule has 0 radical (unpaired) electrons. The lowest BCUT2D eigenvalue weighted by Gasteiger charge is -2.09. The van der Waals surface area contributed by atoms with Crippen LogP contribution in [0.3, 0.4) is 0 Å². The predicted molar refractivity (Wildman–Crippen MR) is 90.8 cm³/mol. The van der Waals surface area contributed by atoms with Crippen molar-refractivity contribution in [2.24, 2.45) is 0 Å². The van der Waals surface area contributed by atoms with E-state index in [1.165, 1.54) is 0 Å². The standard InChI is InChI=1S/C17H17N3OS/c1-11-8-9-15-18-12(2)16(20(15)10-11)17(21)19-13-6-4-5-7-14(13)22-3/h4-10H,1-3H3,(H,19,21). The molecule has 112 valence electrons. The molecule has 5 heteroatoms. The average molecular weight is 311 g/mol. The summed E-state index contributed by atoms with van der Waals surface area (Å²) in [7, 11) is 0. The van der Waals surface area contributed by atoms with Crippen LogP contribution in [0.2, 0.25) is 0 Å². The van der Waals surface area contributed by atoms with E-state index in [2.05, 4.69) is 10.3 Å². The number of para-hydroxylation sites is 1. The van der Waals surface area contributed by atoms with Gasteiger partial charge in [0.2, 0.25) is 0 Å². The Morgan fingerprint density at radius 3 is 2.73 bits per heavy atom. The number of anilines is 1. The number of benzene rings is 1. The molecule has 0 spiro atoms. The molecule has 4 nitrogen and oxygen atoms in total. The fourth-order valence-corrected chi connectivity index (χ4v) is 3.03. The Morgan fingerprint density at radius 2 is 1.95 bits per heavy atom. The lowest BCUT2D eigenvalue weighted by molar-refractivity contribution is 0.102. The Balaban J connectivity index is 2.02. The summed E-state index contributed by atoms with van der Waals surface area (Å²) < 4.78 is 1.85. The number of carbonyl (C=O) groups is 1. The monoisotopic (exact) mass is 311 g/mol. The Labute approximate surface area is 133 Å². The second kappa shape index (κ2) is 5.85. The van der Waals surface area contributed by atoms with Crippen molar-refractivity contribution in [3.63, 3.8) is 0 Å². The molecule has 0 saturated carbocycles. The molecule has 0 atom stereocenters. The number of nitrogens with one attached hydrogen (secondary N) is 1. The molecule has 3 rings (SSSR count). The predicted octanol–water partition coefficient (Wildman–Crippen LogP) is 3.93. The van der Waals surface area contributed by atoms with Crippen molar-refractivity contribution in [2.75, 3.05) is 11.6 Å². The smallest absolute Gasteiger partial charge is 0.274 e. The van der Waals surface area contributed by atoms with Crippen LogP contribution in [-0.4, -0.2) is 21.5 Å². The third kappa shape index (κ3) is 2.60. The van der Waals surface area contributed by atoms with Crippen LogP contribution in [0.5, 0.6) is 0 Å². The topological polar surface area (TPSA) is 46.4 Å². The van der Waals surface area contributed by atoms with E-state index in [0.717, 1.165) is 27.5 Å². The zero-order valence-corrected chi connectivity index (χ0v) is 13.6. The van der Waals surface area contributed by atoms with Gasteiger partial charge in [-0.2, -0.15) is 0 Å². The molecule has 2 aromatic heterocycles. The van der Waals surface area contributed by atoms with Gasteiger partial charge in [-0.1, -0.05) is 18.2 Å². The summed E-state index contributed by atoms with van der Waals surface area (Å²) in [6, 6.07) is 11.7. The second-order valence-corrected chi connectivity index (χ2v) is 5.98. The highest BCUT2D eigenvalue weighted by molar-refractivity contribution is 7.98. The zero-order valence-electron chi connectivity index (χ0n) is 12.8. The van der Waals surface area contributed by atoms with Gasteiger partial charge in [0, 0.05) is 11.1 Å². The number of hydrogen-bond acceptors (Lipinski definition) is 3. The van der Waals surface area contributed by atoms with E-state index in [1.807, 2.05) is 67.1 Å². The van der Waals surface area contributed by atoms with Gasteiger partial charge in [-0.05, 0) is 43.9 Å². The van der Waals surface area contributed by atoms with Crippen LogP contribution in [-0.2, 0) is 0 Å². The van der Waals surface area contributed by atoms with Gasteiger partial charge in [0.1, 0.15) is 11.3 Å². The summed E-state index contributed by atoms with van der Waals surface area (Å²) in [4.78, 5) is 18.2. The van der Waals surface area contributed by atoms with E-state index in [-0.39, 0.29) is 5.91 Å². The maximum Gasteiger partial charge on any atom is 0.274 e. The van der Waals surface area contributed by atoms with Gasteiger partial charge in [-0.25, -0.2) is 4.98 Å². The Kier molecular flexibility index (Phi) is 3.90. The third-order valence-electron chi connectivity index (χ3n) is 3.51. The average Bonchev–Trinajstić information content (AvgIpc) is 2.83. The fraction of sp³-hybridized carbons (Fsp3) is 0.176. The quantitative estimate of drug-likeness (QED) is 0.746. The summed E-state index contributed by atoms with van der Waals surface area (Å²) in [5.41, 5.74) is 4.00. The highest BCUT2D eigenvalue weighted by Gasteiger charge is 2.17. The number of hydrogen-bond donors (Lipinski definition) is 1. The maximum atomic E-state index is 12.7. The van der Waals surface area contributed by atoms with Crippen LogP contribution in [0.4, 0.5) is 5.69 Å². The van der Waals surface area contributed by atoms with Gasteiger partial charge in [-0.3, -0.25) is 9.20 Å². The molecular weight excluding hydrogens is 294 g/mol. The number of imidazole rings is 1. The number of fused-ring (bicyclic) bond motifs is 1. The molecule has 1 amide bonds. The van der Waals surface area contributed by atoms with E-state index in [1.54, 1.807) is 11.8 Å². The third-order valence-corrected chi connectivity index (χ3v) is 4.31. The van der Waals surface area contributed by atoms with E-state index in [4.69, 9.17) is 0 Å². The van der Waals surface area contributed by atoms with E-state index in [0.29, 0.717) is 5.69 Å². The molecule has 0 saturated heterocycles. The molecule has 0 aliphatic rings. The molecular formula is C17H17N3OS. The van der Waals surface area contributed by atoms with Crippen LogP contribution in [0.15, 0.2) is 47.5 Å². The Bertz CT molecular complexity index is 854. The summed E-state index contributed by atoms with van der Waals surface area (Å²) in [6.45, 7) is 3.86. The van der Waals surface area contributed by atoms with Crippen molar-refractivity contribution in [1.82, 2.24) is 9.38 Å². The number of thioether (sulfide) groups is 1. The van der Waals surface area contributed by atoms with Crippen molar-refractivity contribution < 1.29 is 4.79 Å². The minimum absolute atomic E-state index is 0.142. The number of rotatable bonds is 3. The minimum atomic E-state index is -0.142. The van der Waals surface area contributed by atoms with Gasteiger partial charge >= 0.3 is 0 Å². The van der Waals surface area contributed by atoms with Gasteiger partial charge in [0.05, 0.1) is 11.4 Å². The molecule has 0 fully saturated rings. The van der Waals surface area contributed by atoms with Crippen LogP contribution < -0.4 is 5.32 Å². The number of pyridine rings is 1. The first-order chi connectivity index (χ1) is 10.6. The summed E-state index contributed by atoms with van der Waals surface area (Å²) in [6.07, 6.45) is 3.93. The lowest BCUT2D eigenvalue weighted by Crippen LogP contribution is -2.16. The first-order valence-corrected chi connectivity index (χ1v) is 8.22. The molecule has 0 aliphatic heterocycles. The molecule has 22 heavy (non-hydrogen) atoms. The Hall–Kier alpha value is -2.27. The first kappa shape index (κ1) is 14.7. The first-order valence-electron chi connectivity index (χ1n) is 7.00.